The van der Waals surface area contributed by atoms with Crippen LogP contribution in [-0.2, 0) is 9.59 Å². The fourth-order valence-electron chi connectivity index (χ4n) is 3.23. The van der Waals surface area contributed by atoms with Gasteiger partial charge in [0.15, 0.2) is 0 Å². The van der Waals surface area contributed by atoms with Gasteiger partial charge in [0, 0.05) is 31.3 Å². The van der Waals surface area contributed by atoms with Crippen molar-refractivity contribution in [2.75, 3.05) is 6.54 Å². The summed E-state index contributed by atoms with van der Waals surface area (Å²) in [5.41, 5.74) is 2.09. The number of imide groups is 1. The average molecular weight is 405 g/mol. The molecule has 138 valence electrons. The summed E-state index contributed by atoms with van der Waals surface area (Å²) >= 11 is 3.31. The zero-order chi connectivity index (χ0) is 19.8. The van der Waals surface area contributed by atoms with Gasteiger partial charge in [0.05, 0.1) is 0 Å². The zero-order valence-electron chi connectivity index (χ0n) is 15.4. The maximum atomic E-state index is 12.7. The Kier molecular flexibility index (Phi) is 4.71. The third-order valence-corrected chi connectivity index (χ3v) is 7.00. The Hall–Kier alpha value is -3.01. The lowest BCUT2D eigenvalue weighted by Gasteiger charge is -2.26. The van der Waals surface area contributed by atoms with Gasteiger partial charge >= 0.3 is 0 Å². The second-order valence-corrected chi connectivity index (χ2v) is 8.58. The minimum atomic E-state index is -0.510. The fraction of sp³-hybridized carbons (Fsp3) is 0.136. The molecule has 0 N–H and O–H groups in total. The second-order valence-electron chi connectivity index (χ2n) is 6.38. The van der Waals surface area contributed by atoms with Gasteiger partial charge in [0.1, 0.15) is 11.6 Å². The number of fused-ring (bicyclic) bond motifs is 1. The molecule has 1 aliphatic heterocycles. The summed E-state index contributed by atoms with van der Waals surface area (Å²) in [6.45, 7) is 3.64. The van der Waals surface area contributed by atoms with Crippen molar-refractivity contribution in [2.45, 2.75) is 13.8 Å². The molecule has 0 radical (unpaired) electrons. The van der Waals surface area contributed by atoms with Crippen LogP contribution in [0.1, 0.15) is 18.7 Å². The maximum Gasteiger partial charge on any atom is 0.271 e. The van der Waals surface area contributed by atoms with Gasteiger partial charge < -0.3 is 0 Å². The number of likely N-dealkylation sites (N-methyl/N-ethyl adjacent to an activating group) is 1. The van der Waals surface area contributed by atoms with E-state index in [9.17, 15) is 14.9 Å². The molecule has 0 atom stereocenters. The van der Waals surface area contributed by atoms with Gasteiger partial charge in [-0.25, -0.2) is 0 Å². The van der Waals surface area contributed by atoms with Gasteiger partial charge in [-0.15, -0.1) is 22.7 Å². The second kappa shape index (κ2) is 7.19. The highest BCUT2D eigenvalue weighted by molar-refractivity contribution is 7.29. The number of thiophene rings is 2. The molecule has 28 heavy (non-hydrogen) atoms. The Morgan fingerprint density at radius 1 is 1.07 bits per heavy atom. The van der Waals surface area contributed by atoms with E-state index >= 15 is 0 Å². The van der Waals surface area contributed by atoms with E-state index in [1.165, 1.54) is 10.4 Å². The Labute approximate surface area is 170 Å². The molecule has 0 spiro atoms. The van der Waals surface area contributed by atoms with E-state index in [0.717, 1.165) is 19.2 Å². The molecule has 4 rings (SSSR count). The van der Waals surface area contributed by atoms with Gasteiger partial charge in [-0.2, -0.15) is 5.26 Å². The summed E-state index contributed by atoms with van der Waals surface area (Å²) in [5, 5.41) is 9.35. The monoisotopic (exact) mass is 404 g/mol. The summed E-state index contributed by atoms with van der Waals surface area (Å²) in [6.07, 6.45) is 1.80. The molecule has 3 aromatic rings. The molecule has 0 fully saturated rings. The number of amides is 2. The predicted octanol–water partition coefficient (Wildman–Crippen LogP) is 5.24. The standard InChI is InChI=1S/C22H16N2O2S2/c1-3-24-21(25)16(13(2)17(12-23)22(24)26)9-15-10-19-20(27-15)11-18(28-19)14-7-5-4-6-8-14/h4-11H,3H2,1-2H3/b16-9-. The van der Waals surface area contributed by atoms with Gasteiger partial charge in [0.2, 0.25) is 0 Å². The predicted molar refractivity (Wildman–Crippen MR) is 114 cm³/mol. The van der Waals surface area contributed by atoms with Crippen molar-refractivity contribution in [3.8, 4) is 16.5 Å². The largest absolute Gasteiger partial charge is 0.274 e. The first kappa shape index (κ1) is 18.4. The van der Waals surface area contributed by atoms with Crippen LogP contribution in [0.5, 0.6) is 0 Å². The van der Waals surface area contributed by atoms with Gasteiger partial charge in [-0.1, -0.05) is 30.3 Å². The summed E-state index contributed by atoms with van der Waals surface area (Å²) in [4.78, 5) is 28.3. The minimum Gasteiger partial charge on any atom is -0.274 e. The Morgan fingerprint density at radius 2 is 1.79 bits per heavy atom. The number of hydrogen-bond donors (Lipinski definition) is 0. The molecule has 3 heterocycles. The lowest BCUT2D eigenvalue weighted by molar-refractivity contribution is -0.140. The molecule has 0 saturated carbocycles. The smallest absolute Gasteiger partial charge is 0.271 e. The SMILES string of the molecule is CCN1C(=O)C(C#N)=C(C)/C(=C/c2cc3sc(-c4ccccc4)cc3s2)C1=O. The molecule has 1 aliphatic rings. The summed E-state index contributed by atoms with van der Waals surface area (Å²) < 4.78 is 2.31. The van der Waals surface area contributed by atoms with E-state index in [1.54, 1.807) is 42.6 Å². The number of nitrogens with zero attached hydrogens (tertiary/aromatic N) is 2. The van der Waals surface area contributed by atoms with Crippen molar-refractivity contribution in [2.24, 2.45) is 0 Å². The van der Waals surface area contributed by atoms with E-state index in [2.05, 4.69) is 24.3 Å². The molecular formula is C22H16N2O2S2. The summed E-state index contributed by atoms with van der Waals surface area (Å²) in [7, 11) is 0. The molecule has 1 aromatic carbocycles. The number of nitriles is 1. The van der Waals surface area contributed by atoms with Crippen LogP contribution in [0.25, 0.3) is 25.9 Å². The zero-order valence-corrected chi connectivity index (χ0v) is 17.0. The maximum absolute atomic E-state index is 12.7. The lowest BCUT2D eigenvalue weighted by Crippen LogP contribution is -2.42. The van der Waals surface area contributed by atoms with E-state index in [4.69, 9.17) is 0 Å². The van der Waals surface area contributed by atoms with Gasteiger partial charge in [-0.3, -0.25) is 14.5 Å². The number of benzene rings is 1. The molecule has 0 unspecified atom stereocenters. The molecule has 0 bridgehead atoms. The van der Waals surface area contributed by atoms with Crippen LogP contribution in [0.2, 0.25) is 0 Å². The van der Waals surface area contributed by atoms with E-state index in [-0.39, 0.29) is 18.0 Å². The molecular weight excluding hydrogens is 388 g/mol. The van der Waals surface area contributed by atoms with Crippen LogP contribution >= 0.6 is 22.7 Å². The number of rotatable bonds is 3. The molecule has 2 amide bonds. The first-order valence-corrected chi connectivity index (χ1v) is 10.4. The number of carbonyl (C=O) groups is 2. The number of hydrogen-bond acceptors (Lipinski definition) is 5. The third-order valence-electron chi connectivity index (χ3n) is 4.71. The van der Waals surface area contributed by atoms with E-state index < -0.39 is 5.91 Å². The lowest BCUT2D eigenvalue weighted by atomic mass is 9.95. The first-order chi connectivity index (χ1) is 13.5. The summed E-state index contributed by atoms with van der Waals surface area (Å²) in [5.74, 6) is -0.852. The van der Waals surface area contributed by atoms with Crippen LogP contribution in [0.3, 0.4) is 0 Å². The topological polar surface area (TPSA) is 61.2 Å². The normalized spacial score (nSPS) is 16.3. The average Bonchev–Trinajstić information content (AvgIpc) is 3.25. The third kappa shape index (κ3) is 2.99. The van der Waals surface area contributed by atoms with E-state index in [1.807, 2.05) is 24.3 Å². The highest BCUT2D eigenvalue weighted by Crippen LogP contribution is 2.39. The highest BCUT2D eigenvalue weighted by atomic mass is 32.1. The van der Waals surface area contributed by atoms with Crippen molar-refractivity contribution in [3.63, 3.8) is 0 Å². The van der Waals surface area contributed by atoms with Crippen LogP contribution in [0.15, 0.2) is 59.2 Å². The van der Waals surface area contributed by atoms with Crippen molar-refractivity contribution in [1.29, 1.82) is 5.26 Å². The quantitative estimate of drug-likeness (QED) is 0.443. The van der Waals surface area contributed by atoms with Crippen LogP contribution < -0.4 is 0 Å². The van der Waals surface area contributed by atoms with Crippen LogP contribution in [0.4, 0.5) is 0 Å². The molecule has 0 aliphatic carbocycles. The minimum absolute atomic E-state index is 0.0393. The van der Waals surface area contributed by atoms with Crippen LogP contribution in [-0.4, -0.2) is 23.3 Å². The van der Waals surface area contributed by atoms with Gasteiger partial charge in [0.25, 0.3) is 11.8 Å². The molecule has 2 aromatic heterocycles. The van der Waals surface area contributed by atoms with E-state index in [0.29, 0.717) is 11.1 Å². The van der Waals surface area contributed by atoms with Crippen molar-refractivity contribution < 1.29 is 9.59 Å². The number of carbonyl (C=O) groups excluding carboxylic acids is 2. The molecule has 4 nitrogen and oxygen atoms in total. The highest BCUT2D eigenvalue weighted by Gasteiger charge is 2.34. The van der Waals surface area contributed by atoms with Crippen molar-refractivity contribution in [3.05, 3.63) is 64.1 Å². The Bertz CT molecular complexity index is 1170. The molecule has 0 saturated heterocycles. The first-order valence-electron chi connectivity index (χ1n) is 8.81. The van der Waals surface area contributed by atoms with Crippen molar-refractivity contribution >= 4 is 50.0 Å². The summed E-state index contributed by atoms with van der Waals surface area (Å²) in [6, 6.07) is 16.4. The van der Waals surface area contributed by atoms with Gasteiger partial charge in [-0.05, 0) is 43.2 Å². The Balaban J connectivity index is 1.76. The van der Waals surface area contributed by atoms with Crippen molar-refractivity contribution in [1.82, 2.24) is 4.90 Å². The molecule has 6 heteroatoms. The Morgan fingerprint density at radius 3 is 2.43 bits per heavy atom. The van der Waals surface area contributed by atoms with Crippen LogP contribution in [0, 0.1) is 11.3 Å². The fourth-order valence-corrected chi connectivity index (χ4v) is 5.59.